The van der Waals surface area contributed by atoms with Gasteiger partial charge >= 0.3 is 5.97 Å². The summed E-state index contributed by atoms with van der Waals surface area (Å²) in [7, 11) is -5.12. The van der Waals surface area contributed by atoms with Gasteiger partial charge in [0.05, 0.1) is 12.2 Å². The molecule has 46 heavy (non-hydrogen) atoms. The molecule has 2 aromatic carbocycles. The van der Waals surface area contributed by atoms with Crippen molar-refractivity contribution < 1.29 is 18.4 Å². The summed E-state index contributed by atoms with van der Waals surface area (Å²) in [6, 6.07) is 21.7. The highest BCUT2D eigenvalue weighted by Crippen LogP contribution is 2.41. The second-order valence-corrected chi connectivity index (χ2v) is 24.5. The van der Waals surface area contributed by atoms with E-state index in [0.29, 0.717) is 6.42 Å². The van der Waals surface area contributed by atoms with Gasteiger partial charge in [0.15, 0.2) is 8.32 Å². The van der Waals surface area contributed by atoms with Crippen molar-refractivity contribution in [2.24, 2.45) is 0 Å². The van der Waals surface area contributed by atoms with E-state index in [1.807, 2.05) is 0 Å². The van der Waals surface area contributed by atoms with Crippen molar-refractivity contribution in [3.63, 3.8) is 0 Å². The first kappa shape index (κ1) is 38.2. The molecule has 3 rings (SSSR count). The van der Waals surface area contributed by atoms with Crippen LogP contribution in [0.2, 0.25) is 23.2 Å². The number of rotatable bonds is 12. The number of hydrogen-bond donors (Lipinski definition) is 0. The number of carbonyl (C=O) groups is 1. The van der Waals surface area contributed by atoms with Gasteiger partial charge in [0, 0.05) is 6.42 Å². The van der Waals surface area contributed by atoms with E-state index in [1.54, 1.807) is 0 Å². The van der Waals surface area contributed by atoms with Crippen LogP contribution in [-0.2, 0) is 18.4 Å². The van der Waals surface area contributed by atoms with Gasteiger partial charge in [-0.15, -0.1) is 0 Å². The Morgan fingerprint density at radius 2 is 1.37 bits per heavy atom. The number of hydrogen-bond acceptors (Lipinski definition) is 4. The van der Waals surface area contributed by atoms with Gasteiger partial charge < -0.3 is 13.6 Å². The molecular formula is C40H62O4Si2. The Kier molecular flexibility index (Phi) is 14.3. The summed E-state index contributed by atoms with van der Waals surface area (Å²) in [6.07, 6.45) is 16.4. The molecule has 0 saturated carbocycles. The lowest BCUT2D eigenvalue weighted by atomic mass is 10.0. The van der Waals surface area contributed by atoms with Gasteiger partial charge in [-0.3, -0.25) is 4.79 Å². The van der Waals surface area contributed by atoms with Crippen molar-refractivity contribution in [2.75, 3.05) is 0 Å². The Hall–Kier alpha value is -2.26. The minimum Gasteiger partial charge on any atom is -0.458 e. The van der Waals surface area contributed by atoms with E-state index in [1.165, 1.54) is 23.2 Å². The van der Waals surface area contributed by atoms with Crippen LogP contribution in [0.1, 0.15) is 106 Å². The summed E-state index contributed by atoms with van der Waals surface area (Å²) in [5, 5.41) is 2.37. The smallest absolute Gasteiger partial charge is 0.306 e. The minimum atomic E-state index is -2.88. The maximum atomic E-state index is 12.7. The minimum absolute atomic E-state index is 0.0170. The molecule has 0 bridgehead atoms. The number of ether oxygens (including phenoxy) is 1. The molecule has 1 aliphatic rings. The molecule has 0 aromatic heterocycles. The monoisotopic (exact) mass is 662 g/mol. The Morgan fingerprint density at radius 3 is 1.91 bits per heavy atom. The fraction of sp³-hybridized carbons (Fsp3) is 0.575. The van der Waals surface area contributed by atoms with E-state index in [2.05, 4.69) is 147 Å². The molecule has 254 valence electrons. The number of cyclic esters (lactones) is 1. The van der Waals surface area contributed by atoms with Crippen LogP contribution in [0.25, 0.3) is 0 Å². The van der Waals surface area contributed by atoms with Gasteiger partial charge in [-0.2, -0.15) is 0 Å². The van der Waals surface area contributed by atoms with Gasteiger partial charge in [-0.1, -0.05) is 147 Å². The molecule has 0 spiro atoms. The van der Waals surface area contributed by atoms with Gasteiger partial charge in [0.25, 0.3) is 8.32 Å². The average molecular weight is 663 g/mol. The average Bonchev–Trinajstić information content (AvgIpc) is 3.00. The molecule has 1 saturated heterocycles. The fourth-order valence-electron chi connectivity index (χ4n) is 6.12. The molecule has 0 aliphatic carbocycles. The molecule has 0 unspecified atom stereocenters. The van der Waals surface area contributed by atoms with E-state index in [-0.39, 0.29) is 34.4 Å². The first-order valence-corrected chi connectivity index (χ1v) is 22.5. The highest BCUT2D eigenvalue weighted by atomic mass is 28.4. The van der Waals surface area contributed by atoms with Crippen LogP contribution in [0.3, 0.4) is 0 Å². The van der Waals surface area contributed by atoms with Crippen LogP contribution in [0, 0.1) is 0 Å². The van der Waals surface area contributed by atoms with Gasteiger partial charge in [-0.05, 0) is 71.7 Å². The normalized spacial score (nSPS) is 19.2. The summed E-state index contributed by atoms with van der Waals surface area (Å²) < 4.78 is 21.2. The molecule has 1 heterocycles. The SMILES string of the molecule is CC/C=C\C[C@H](O[Si](c1ccccc1)(c1ccccc1)C(C)(C)C)[C@@H](/C=C/[C@H]1CCCCCCCC(=O)O1)O[Si](C)(C)C(C)(C)C. The summed E-state index contributed by atoms with van der Waals surface area (Å²) in [5.41, 5.74) is 0. The van der Waals surface area contributed by atoms with Crippen LogP contribution in [-0.4, -0.2) is 40.9 Å². The second-order valence-electron chi connectivity index (χ2n) is 15.5. The van der Waals surface area contributed by atoms with Gasteiger partial charge in [-0.25, -0.2) is 0 Å². The molecule has 1 fully saturated rings. The predicted octanol–water partition coefficient (Wildman–Crippen LogP) is 9.89. The number of carbonyl (C=O) groups excluding carboxylic acids is 1. The van der Waals surface area contributed by atoms with E-state index in [0.717, 1.165) is 38.5 Å². The molecule has 6 heteroatoms. The zero-order valence-electron chi connectivity index (χ0n) is 30.3. The molecule has 2 aromatic rings. The highest BCUT2D eigenvalue weighted by Gasteiger charge is 2.52. The van der Waals surface area contributed by atoms with Crippen molar-refractivity contribution in [2.45, 2.75) is 148 Å². The third kappa shape index (κ3) is 10.4. The fourth-order valence-corrected chi connectivity index (χ4v) is 12.1. The Balaban J connectivity index is 2.19. The first-order chi connectivity index (χ1) is 21.7. The van der Waals surface area contributed by atoms with Crippen molar-refractivity contribution in [3.8, 4) is 0 Å². The van der Waals surface area contributed by atoms with E-state index in [4.69, 9.17) is 13.6 Å². The third-order valence-electron chi connectivity index (χ3n) is 9.79. The number of allylic oxidation sites excluding steroid dienone is 1. The quantitative estimate of drug-likeness (QED) is 0.129. The Bertz CT molecular complexity index is 1200. The summed E-state index contributed by atoms with van der Waals surface area (Å²) in [5.74, 6) is -0.0931. The molecule has 1 aliphatic heterocycles. The van der Waals surface area contributed by atoms with Crippen LogP contribution in [0.5, 0.6) is 0 Å². The lowest BCUT2D eigenvalue weighted by Gasteiger charge is -2.47. The van der Waals surface area contributed by atoms with Crippen molar-refractivity contribution in [1.82, 2.24) is 0 Å². The van der Waals surface area contributed by atoms with E-state index < -0.39 is 16.6 Å². The molecule has 4 nitrogen and oxygen atoms in total. The van der Waals surface area contributed by atoms with Gasteiger partial charge in [0.2, 0.25) is 0 Å². The maximum absolute atomic E-state index is 12.7. The standard InChI is InChI=1S/C40H62O4Si2/c1-10-11-17-29-36(44-46(40(5,6)7,34-25-19-15-20-26-34)35-27-21-16-22-28-35)37(43-45(8,9)39(2,3)4)32-31-33-24-18-13-12-14-23-30-38(41)42-33/h11,15-17,19-22,25-28,31-33,36-37H,10,12-14,18,23-24,29-30H2,1-9H3/b17-11-,32-31+/t33-,36+,37-/m1/s1. The zero-order valence-corrected chi connectivity index (χ0v) is 32.3. The molecule has 3 atom stereocenters. The van der Waals surface area contributed by atoms with E-state index in [9.17, 15) is 4.79 Å². The third-order valence-corrected chi connectivity index (χ3v) is 19.3. The predicted molar refractivity (Wildman–Crippen MR) is 200 cm³/mol. The first-order valence-electron chi connectivity index (χ1n) is 17.7. The lowest BCUT2D eigenvalue weighted by molar-refractivity contribution is -0.147. The lowest BCUT2D eigenvalue weighted by Crippen LogP contribution is -2.68. The van der Waals surface area contributed by atoms with Crippen LogP contribution in [0.15, 0.2) is 85.0 Å². The second kappa shape index (κ2) is 17.2. The highest BCUT2D eigenvalue weighted by molar-refractivity contribution is 6.99. The number of esters is 1. The molecular weight excluding hydrogens is 601 g/mol. The summed E-state index contributed by atoms with van der Waals surface area (Å²) >= 11 is 0. The summed E-state index contributed by atoms with van der Waals surface area (Å²) in [4.78, 5) is 12.7. The largest absolute Gasteiger partial charge is 0.458 e. The van der Waals surface area contributed by atoms with Crippen LogP contribution >= 0.6 is 0 Å². The van der Waals surface area contributed by atoms with Crippen LogP contribution < -0.4 is 10.4 Å². The summed E-state index contributed by atoms with van der Waals surface area (Å²) in [6.45, 7) is 20.7. The Labute approximate surface area is 283 Å². The van der Waals surface area contributed by atoms with Gasteiger partial charge in [0.1, 0.15) is 6.10 Å². The maximum Gasteiger partial charge on any atom is 0.306 e. The van der Waals surface area contributed by atoms with Crippen LogP contribution in [0.4, 0.5) is 0 Å². The van der Waals surface area contributed by atoms with Crippen molar-refractivity contribution in [3.05, 3.63) is 85.0 Å². The Morgan fingerprint density at radius 1 is 0.804 bits per heavy atom. The topological polar surface area (TPSA) is 44.8 Å². The number of benzene rings is 2. The molecule has 0 radical (unpaired) electrons. The van der Waals surface area contributed by atoms with Crippen molar-refractivity contribution >= 4 is 33.0 Å². The molecule has 0 amide bonds. The van der Waals surface area contributed by atoms with Crippen molar-refractivity contribution in [1.29, 1.82) is 0 Å². The molecule has 0 N–H and O–H groups in total. The zero-order chi connectivity index (χ0) is 33.8. The van der Waals surface area contributed by atoms with E-state index >= 15 is 0 Å².